The summed E-state index contributed by atoms with van der Waals surface area (Å²) in [6.07, 6.45) is 4.43. The molecule has 0 bridgehead atoms. The number of rotatable bonds is 8. The third kappa shape index (κ3) is 3.58. The van der Waals surface area contributed by atoms with E-state index in [1.54, 1.807) is 11.3 Å². The van der Waals surface area contributed by atoms with Gasteiger partial charge in [-0.15, -0.1) is 11.3 Å². The van der Waals surface area contributed by atoms with Gasteiger partial charge in [0.2, 0.25) is 0 Å². The number of aromatic nitrogens is 2. The van der Waals surface area contributed by atoms with E-state index in [0.717, 1.165) is 36.7 Å². The van der Waals surface area contributed by atoms with Crippen LogP contribution >= 0.6 is 11.3 Å². The van der Waals surface area contributed by atoms with Gasteiger partial charge in [0.25, 0.3) is 0 Å². The largest absolute Gasteiger partial charge is 0.355 e. The molecule has 0 fully saturated rings. The van der Waals surface area contributed by atoms with Gasteiger partial charge in [-0.1, -0.05) is 27.7 Å². The van der Waals surface area contributed by atoms with Gasteiger partial charge in [-0.2, -0.15) is 0 Å². The average molecular weight is 308 g/mol. The van der Waals surface area contributed by atoms with E-state index in [1.165, 1.54) is 5.69 Å². The summed E-state index contributed by atoms with van der Waals surface area (Å²) in [6, 6.07) is 0.554. The molecule has 0 radical (unpaired) electrons. The molecule has 0 aliphatic heterocycles. The zero-order chi connectivity index (χ0) is 15.4. The monoisotopic (exact) mass is 308 g/mol. The molecule has 0 atom stereocenters. The van der Waals surface area contributed by atoms with Gasteiger partial charge < -0.3 is 10.2 Å². The second-order valence-corrected chi connectivity index (χ2v) is 6.92. The Morgan fingerprint density at radius 1 is 1.33 bits per heavy atom. The summed E-state index contributed by atoms with van der Waals surface area (Å²) in [6.45, 7) is 10.9. The Hall–Kier alpha value is -1.07. The highest BCUT2D eigenvalue weighted by Gasteiger charge is 2.20. The lowest BCUT2D eigenvalue weighted by Gasteiger charge is -2.27. The van der Waals surface area contributed by atoms with E-state index >= 15 is 0 Å². The van der Waals surface area contributed by atoms with Crippen LogP contribution in [-0.2, 0) is 6.54 Å². The second kappa shape index (κ2) is 7.27. The molecular weight excluding hydrogens is 280 g/mol. The van der Waals surface area contributed by atoms with Crippen LogP contribution in [0.2, 0.25) is 0 Å². The van der Waals surface area contributed by atoms with E-state index in [1.807, 2.05) is 0 Å². The lowest BCUT2D eigenvalue weighted by atomic mass is 10.1. The lowest BCUT2D eigenvalue weighted by Crippen LogP contribution is -2.32. The van der Waals surface area contributed by atoms with E-state index in [2.05, 4.69) is 60.9 Å². The van der Waals surface area contributed by atoms with Gasteiger partial charge in [0.15, 0.2) is 10.8 Å². The van der Waals surface area contributed by atoms with Crippen molar-refractivity contribution >= 4 is 22.1 Å². The molecule has 5 heteroatoms. The SMILES string of the molecule is CCC(CC)N(C)c1nc2sccn2c1CNCC(C)C. The van der Waals surface area contributed by atoms with Crippen LogP contribution < -0.4 is 10.2 Å². The van der Waals surface area contributed by atoms with Gasteiger partial charge in [-0.3, -0.25) is 4.40 Å². The highest BCUT2D eigenvalue weighted by Crippen LogP contribution is 2.26. The van der Waals surface area contributed by atoms with Crippen LogP contribution in [0.25, 0.3) is 4.96 Å². The van der Waals surface area contributed by atoms with Crippen molar-refractivity contribution in [3.63, 3.8) is 0 Å². The van der Waals surface area contributed by atoms with Crippen molar-refractivity contribution in [2.24, 2.45) is 5.92 Å². The molecule has 0 unspecified atom stereocenters. The highest BCUT2D eigenvalue weighted by molar-refractivity contribution is 7.15. The molecule has 118 valence electrons. The third-order valence-electron chi connectivity index (χ3n) is 4.01. The Kier molecular flexibility index (Phi) is 5.65. The van der Waals surface area contributed by atoms with E-state index < -0.39 is 0 Å². The lowest BCUT2D eigenvalue weighted by molar-refractivity contribution is 0.543. The van der Waals surface area contributed by atoms with E-state index in [-0.39, 0.29) is 0 Å². The van der Waals surface area contributed by atoms with Crippen LogP contribution in [0.3, 0.4) is 0 Å². The van der Waals surface area contributed by atoms with Crippen molar-refractivity contribution in [1.29, 1.82) is 0 Å². The van der Waals surface area contributed by atoms with E-state index in [0.29, 0.717) is 12.0 Å². The van der Waals surface area contributed by atoms with Gasteiger partial charge in [0, 0.05) is 31.2 Å². The molecule has 0 aromatic carbocycles. The minimum atomic E-state index is 0.554. The maximum Gasteiger partial charge on any atom is 0.195 e. The Balaban J connectivity index is 2.27. The number of anilines is 1. The minimum Gasteiger partial charge on any atom is -0.355 e. The number of imidazole rings is 1. The topological polar surface area (TPSA) is 32.6 Å². The molecule has 0 amide bonds. The van der Waals surface area contributed by atoms with Crippen molar-refractivity contribution in [1.82, 2.24) is 14.7 Å². The zero-order valence-electron chi connectivity index (χ0n) is 13.9. The number of fused-ring (bicyclic) bond motifs is 1. The number of thiazole rings is 1. The maximum absolute atomic E-state index is 4.85. The standard InChI is InChI=1S/C16H28N4S/c1-6-13(7-2)19(5)15-14(11-17-10-12(3)4)20-8-9-21-16(20)18-15/h8-9,12-13,17H,6-7,10-11H2,1-5H3. The highest BCUT2D eigenvalue weighted by atomic mass is 32.1. The molecule has 0 aliphatic carbocycles. The van der Waals surface area contributed by atoms with Gasteiger partial charge in [0.1, 0.15) is 0 Å². The number of hydrogen-bond acceptors (Lipinski definition) is 4. The predicted octanol–water partition coefficient (Wildman–Crippen LogP) is 3.77. The Bertz CT molecular complexity index is 554. The molecule has 0 saturated heterocycles. The average Bonchev–Trinajstić information content (AvgIpc) is 3.01. The van der Waals surface area contributed by atoms with Gasteiger partial charge >= 0.3 is 0 Å². The molecule has 21 heavy (non-hydrogen) atoms. The van der Waals surface area contributed by atoms with Crippen molar-refractivity contribution < 1.29 is 0 Å². The van der Waals surface area contributed by atoms with Crippen molar-refractivity contribution in [2.45, 2.75) is 53.1 Å². The molecule has 0 spiro atoms. The van der Waals surface area contributed by atoms with E-state index in [4.69, 9.17) is 4.98 Å². The Morgan fingerprint density at radius 3 is 2.67 bits per heavy atom. The zero-order valence-corrected chi connectivity index (χ0v) is 14.7. The molecule has 2 heterocycles. The first kappa shape index (κ1) is 16.3. The van der Waals surface area contributed by atoms with Crippen LogP contribution in [0.4, 0.5) is 5.82 Å². The quantitative estimate of drug-likeness (QED) is 0.806. The molecule has 2 aromatic heterocycles. The van der Waals surface area contributed by atoms with Gasteiger partial charge in [-0.25, -0.2) is 4.98 Å². The first-order chi connectivity index (χ1) is 10.1. The number of nitrogens with zero attached hydrogens (tertiary/aromatic N) is 3. The molecule has 1 N–H and O–H groups in total. The summed E-state index contributed by atoms with van der Waals surface area (Å²) in [7, 11) is 2.18. The van der Waals surface area contributed by atoms with Gasteiger partial charge in [-0.05, 0) is 25.3 Å². The van der Waals surface area contributed by atoms with E-state index in [9.17, 15) is 0 Å². The van der Waals surface area contributed by atoms with Crippen LogP contribution in [0.15, 0.2) is 11.6 Å². The third-order valence-corrected chi connectivity index (χ3v) is 4.77. The summed E-state index contributed by atoms with van der Waals surface area (Å²) in [5, 5.41) is 5.66. The van der Waals surface area contributed by atoms with Crippen LogP contribution in [0, 0.1) is 5.92 Å². The fraction of sp³-hybridized carbons (Fsp3) is 0.688. The number of hydrogen-bond donors (Lipinski definition) is 1. The fourth-order valence-corrected chi connectivity index (χ4v) is 3.48. The normalized spacial score (nSPS) is 12.0. The molecule has 4 nitrogen and oxygen atoms in total. The summed E-state index contributed by atoms with van der Waals surface area (Å²) in [4.78, 5) is 8.30. The van der Waals surface area contributed by atoms with Crippen molar-refractivity contribution in [2.75, 3.05) is 18.5 Å². The molecule has 2 rings (SSSR count). The first-order valence-electron chi connectivity index (χ1n) is 7.96. The van der Waals surface area contributed by atoms with Crippen LogP contribution in [-0.4, -0.2) is 29.0 Å². The maximum atomic E-state index is 4.85. The molecule has 0 saturated carbocycles. The van der Waals surface area contributed by atoms with Crippen LogP contribution in [0.1, 0.15) is 46.2 Å². The summed E-state index contributed by atoms with van der Waals surface area (Å²) >= 11 is 1.70. The second-order valence-electron chi connectivity index (χ2n) is 6.04. The molecule has 2 aromatic rings. The Morgan fingerprint density at radius 2 is 2.05 bits per heavy atom. The predicted molar refractivity (Wildman–Crippen MR) is 92.4 cm³/mol. The van der Waals surface area contributed by atoms with Gasteiger partial charge in [0.05, 0.1) is 5.69 Å². The fourth-order valence-electron chi connectivity index (χ4n) is 2.76. The molecular formula is C16H28N4S. The van der Waals surface area contributed by atoms with Crippen molar-refractivity contribution in [3.05, 3.63) is 17.3 Å². The van der Waals surface area contributed by atoms with Crippen LogP contribution in [0.5, 0.6) is 0 Å². The Labute approximate surface area is 132 Å². The molecule has 0 aliphatic rings. The van der Waals surface area contributed by atoms with Crippen molar-refractivity contribution in [3.8, 4) is 0 Å². The smallest absolute Gasteiger partial charge is 0.195 e. The summed E-state index contributed by atoms with van der Waals surface area (Å²) in [5.74, 6) is 1.79. The summed E-state index contributed by atoms with van der Waals surface area (Å²) in [5.41, 5.74) is 1.28. The number of nitrogens with one attached hydrogen (secondary N) is 1. The first-order valence-corrected chi connectivity index (χ1v) is 8.84. The summed E-state index contributed by atoms with van der Waals surface area (Å²) < 4.78 is 2.23. The minimum absolute atomic E-state index is 0.554.